The highest BCUT2D eigenvalue weighted by Gasteiger charge is 1.96. The lowest BCUT2D eigenvalue weighted by Gasteiger charge is -1.84. The molecule has 2 aromatic heterocycles. The Kier molecular flexibility index (Phi) is 1.25. The van der Waals surface area contributed by atoms with Crippen molar-refractivity contribution in [2.24, 2.45) is 0 Å². The minimum absolute atomic E-state index is 1.02. The van der Waals surface area contributed by atoms with Crippen LogP contribution in [-0.4, -0.2) is 14.6 Å². The maximum absolute atomic E-state index is 3.97. The number of rotatable bonds is 1. The smallest absolute Gasteiger partial charge is 0.0674 e. The van der Waals surface area contributed by atoms with Crippen LogP contribution in [0.1, 0.15) is 0 Å². The largest absolute Gasteiger partial charge is 0.278 e. The van der Waals surface area contributed by atoms with Gasteiger partial charge in [-0.25, -0.2) is 4.37 Å². The summed E-state index contributed by atoms with van der Waals surface area (Å²) in [6, 6.07) is 1.92. The minimum atomic E-state index is 1.02. The van der Waals surface area contributed by atoms with Gasteiger partial charge in [0, 0.05) is 17.1 Å². The van der Waals surface area contributed by atoms with E-state index in [0.717, 1.165) is 11.3 Å². The molecule has 10 heavy (non-hydrogen) atoms. The fourth-order valence-corrected chi connectivity index (χ4v) is 1.29. The lowest BCUT2D eigenvalue weighted by Crippen LogP contribution is -1.71. The highest BCUT2D eigenvalue weighted by molar-refractivity contribution is 7.03. The molecule has 0 aliphatic rings. The van der Waals surface area contributed by atoms with Gasteiger partial charge < -0.3 is 0 Å². The SMILES string of the molecule is c1cc(-c2cnsc2)[nH]n1. The number of hydrogen-bond donors (Lipinski definition) is 1. The summed E-state index contributed by atoms with van der Waals surface area (Å²) in [5.41, 5.74) is 2.12. The average Bonchev–Trinajstić information content (AvgIpc) is 2.59. The molecule has 0 amide bonds. The highest BCUT2D eigenvalue weighted by atomic mass is 32.1. The van der Waals surface area contributed by atoms with Gasteiger partial charge in [0.1, 0.15) is 0 Å². The molecule has 2 rings (SSSR count). The van der Waals surface area contributed by atoms with Gasteiger partial charge in [-0.1, -0.05) is 0 Å². The van der Waals surface area contributed by atoms with E-state index < -0.39 is 0 Å². The van der Waals surface area contributed by atoms with Gasteiger partial charge in [-0.05, 0) is 17.6 Å². The van der Waals surface area contributed by atoms with Gasteiger partial charge in [0.15, 0.2) is 0 Å². The third-order valence-electron chi connectivity index (χ3n) is 1.24. The zero-order valence-electron chi connectivity index (χ0n) is 5.11. The maximum Gasteiger partial charge on any atom is 0.0674 e. The van der Waals surface area contributed by atoms with Gasteiger partial charge in [0.2, 0.25) is 0 Å². The van der Waals surface area contributed by atoms with E-state index in [0.29, 0.717) is 0 Å². The van der Waals surface area contributed by atoms with E-state index in [1.807, 2.05) is 17.6 Å². The van der Waals surface area contributed by atoms with Crippen molar-refractivity contribution in [3.63, 3.8) is 0 Å². The summed E-state index contributed by atoms with van der Waals surface area (Å²) in [5, 5.41) is 8.67. The molecule has 1 N–H and O–H groups in total. The first-order valence-electron chi connectivity index (χ1n) is 2.86. The molecule has 0 saturated heterocycles. The van der Waals surface area contributed by atoms with E-state index >= 15 is 0 Å². The number of hydrogen-bond acceptors (Lipinski definition) is 3. The molecule has 0 unspecified atom stereocenters. The van der Waals surface area contributed by atoms with Crippen LogP contribution in [0.25, 0.3) is 11.3 Å². The van der Waals surface area contributed by atoms with E-state index in [4.69, 9.17) is 0 Å². The summed E-state index contributed by atoms with van der Waals surface area (Å²) in [6.45, 7) is 0. The fraction of sp³-hybridized carbons (Fsp3) is 0. The van der Waals surface area contributed by atoms with Crippen LogP contribution in [-0.2, 0) is 0 Å². The maximum atomic E-state index is 3.97. The molecule has 2 aromatic rings. The molecule has 0 atom stereocenters. The summed E-state index contributed by atoms with van der Waals surface area (Å²) in [6.07, 6.45) is 3.55. The normalized spacial score (nSPS) is 10.0. The summed E-state index contributed by atoms with van der Waals surface area (Å²) < 4.78 is 3.97. The Morgan fingerprint density at radius 1 is 1.50 bits per heavy atom. The standard InChI is InChI=1S/C6H5N3S/c1-2-7-9-6(1)5-3-8-10-4-5/h1-4H,(H,7,9). The lowest BCUT2D eigenvalue weighted by atomic mass is 10.3. The van der Waals surface area contributed by atoms with Crippen LogP contribution < -0.4 is 0 Å². The second kappa shape index (κ2) is 2.22. The van der Waals surface area contributed by atoms with Crippen molar-refractivity contribution in [2.75, 3.05) is 0 Å². The van der Waals surface area contributed by atoms with Gasteiger partial charge in [-0.3, -0.25) is 5.10 Å². The third kappa shape index (κ3) is 0.823. The molecule has 0 aliphatic heterocycles. The van der Waals surface area contributed by atoms with Gasteiger partial charge in [-0.2, -0.15) is 5.10 Å². The van der Waals surface area contributed by atoms with Crippen LogP contribution in [0.15, 0.2) is 23.8 Å². The number of aromatic nitrogens is 3. The van der Waals surface area contributed by atoms with Gasteiger partial charge >= 0.3 is 0 Å². The Bertz CT molecular complexity index is 252. The Hall–Kier alpha value is -1.16. The fourth-order valence-electron chi connectivity index (χ4n) is 0.755. The van der Waals surface area contributed by atoms with Crippen molar-refractivity contribution in [3.8, 4) is 11.3 Å². The summed E-state index contributed by atoms with van der Waals surface area (Å²) in [5.74, 6) is 0. The molecule has 0 radical (unpaired) electrons. The molecule has 0 saturated carbocycles. The van der Waals surface area contributed by atoms with Crippen LogP contribution >= 0.6 is 11.5 Å². The van der Waals surface area contributed by atoms with Crippen molar-refractivity contribution >= 4 is 11.5 Å². The van der Waals surface area contributed by atoms with E-state index in [-0.39, 0.29) is 0 Å². The third-order valence-corrected chi connectivity index (χ3v) is 1.83. The molecule has 0 spiro atoms. The van der Waals surface area contributed by atoms with Gasteiger partial charge in [0.25, 0.3) is 0 Å². The summed E-state index contributed by atoms with van der Waals surface area (Å²) >= 11 is 1.44. The quantitative estimate of drug-likeness (QED) is 0.671. The first kappa shape index (κ1) is 5.61. The Morgan fingerprint density at radius 3 is 3.10 bits per heavy atom. The van der Waals surface area contributed by atoms with Crippen LogP contribution in [0.4, 0.5) is 0 Å². The molecule has 0 bridgehead atoms. The first-order valence-corrected chi connectivity index (χ1v) is 3.69. The van der Waals surface area contributed by atoms with Crippen LogP contribution in [0.2, 0.25) is 0 Å². The van der Waals surface area contributed by atoms with E-state index in [9.17, 15) is 0 Å². The predicted octanol–water partition coefficient (Wildman–Crippen LogP) is 1.53. The summed E-state index contributed by atoms with van der Waals surface area (Å²) in [4.78, 5) is 0. The molecule has 2 heterocycles. The molecule has 0 aliphatic carbocycles. The zero-order valence-corrected chi connectivity index (χ0v) is 5.93. The molecular weight excluding hydrogens is 146 g/mol. The Balaban J connectivity index is 2.48. The van der Waals surface area contributed by atoms with Crippen LogP contribution in [0.5, 0.6) is 0 Å². The van der Waals surface area contributed by atoms with Crippen molar-refractivity contribution in [1.82, 2.24) is 14.6 Å². The number of H-pyrrole nitrogens is 1. The van der Waals surface area contributed by atoms with Crippen LogP contribution in [0, 0.1) is 0 Å². The number of nitrogens with one attached hydrogen (secondary N) is 1. The van der Waals surface area contributed by atoms with Crippen LogP contribution in [0.3, 0.4) is 0 Å². The second-order valence-electron chi connectivity index (χ2n) is 1.88. The topological polar surface area (TPSA) is 41.6 Å². The first-order chi connectivity index (χ1) is 4.97. The predicted molar refractivity (Wildman–Crippen MR) is 39.7 cm³/mol. The van der Waals surface area contributed by atoms with Gasteiger partial charge in [0.05, 0.1) is 11.9 Å². The summed E-state index contributed by atoms with van der Waals surface area (Å²) in [7, 11) is 0. The van der Waals surface area contributed by atoms with Crippen molar-refractivity contribution < 1.29 is 0 Å². The lowest BCUT2D eigenvalue weighted by molar-refractivity contribution is 1.10. The van der Waals surface area contributed by atoms with E-state index in [2.05, 4.69) is 14.6 Å². The molecule has 4 heteroatoms. The van der Waals surface area contributed by atoms with Crippen molar-refractivity contribution in [1.29, 1.82) is 0 Å². The zero-order chi connectivity index (χ0) is 6.81. The minimum Gasteiger partial charge on any atom is -0.278 e. The highest BCUT2D eigenvalue weighted by Crippen LogP contribution is 2.15. The molecule has 0 fully saturated rings. The molecule has 3 nitrogen and oxygen atoms in total. The monoisotopic (exact) mass is 151 g/mol. The Labute approximate surface area is 61.9 Å². The number of aromatic amines is 1. The molecule has 0 aromatic carbocycles. The van der Waals surface area contributed by atoms with E-state index in [1.54, 1.807) is 6.20 Å². The Morgan fingerprint density at radius 2 is 2.50 bits per heavy atom. The van der Waals surface area contributed by atoms with Gasteiger partial charge in [-0.15, -0.1) is 0 Å². The molecule has 50 valence electrons. The molecular formula is C6H5N3S. The van der Waals surface area contributed by atoms with Crippen molar-refractivity contribution in [3.05, 3.63) is 23.8 Å². The average molecular weight is 151 g/mol. The van der Waals surface area contributed by atoms with E-state index in [1.165, 1.54) is 11.5 Å². The second-order valence-corrected chi connectivity index (χ2v) is 2.54. The number of nitrogens with zero attached hydrogens (tertiary/aromatic N) is 2. The van der Waals surface area contributed by atoms with Crippen molar-refractivity contribution in [2.45, 2.75) is 0 Å².